The molecule has 14 heteroatoms. The van der Waals surface area contributed by atoms with Gasteiger partial charge in [-0.2, -0.15) is 8.42 Å². The van der Waals surface area contributed by atoms with Gasteiger partial charge in [0.25, 0.3) is 10.1 Å². The fourth-order valence-corrected chi connectivity index (χ4v) is 10.9. The third-order valence-electron chi connectivity index (χ3n) is 13.0. The average Bonchev–Trinajstić information content (AvgIpc) is 3.33. The van der Waals surface area contributed by atoms with Crippen LogP contribution in [0.2, 0.25) is 0 Å². The molecule has 5 fully saturated rings. The minimum atomic E-state index is -4.14. The number of ether oxygens (including phenoxy) is 2. The first-order chi connectivity index (χ1) is 21.1. The van der Waals surface area contributed by atoms with Gasteiger partial charge in [-0.3, -0.25) is 4.55 Å². The summed E-state index contributed by atoms with van der Waals surface area (Å²) in [4.78, 5) is 3.80. The van der Waals surface area contributed by atoms with Crippen LogP contribution in [-0.4, -0.2) is 106 Å². The summed E-state index contributed by atoms with van der Waals surface area (Å²) < 4.78 is 42.5. The van der Waals surface area contributed by atoms with Gasteiger partial charge in [-0.1, -0.05) is 20.8 Å². The molecule has 0 bridgehead atoms. The molecule has 1 aliphatic heterocycles. The Balaban J connectivity index is 0.00000480. The number of fused-ring (bicyclic) bond motifs is 5. The van der Waals surface area contributed by atoms with Crippen molar-refractivity contribution in [2.75, 3.05) is 18.9 Å². The smallest absolute Gasteiger partial charge is 0.862 e. The Morgan fingerprint density at radius 1 is 1.00 bits per heavy atom. The Morgan fingerprint density at radius 2 is 1.67 bits per heavy atom. The number of aliphatic hydroxyl groups is 5. The topological polar surface area (TPSA) is 209 Å². The van der Waals surface area contributed by atoms with E-state index in [-0.39, 0.29) is 83.1 Å². The van der Waals surface area contributed by atoms with E-state index >= 15 is 0 Å². The molecule has 5 aliphatic rings. The number of hydrogen-bond acceptors (Lipinski definition) is 11. The molecular formula is C32H54NNaO11S. The van der Waals surface area contributed by atoms with Crippen LogP contribution in [0.5, 0.6) is 0 Å². The van der Waals surface area contributed by atoms with Gasteiger partial charge >= 0.3 is 29.6 Å². The maximum atomic E-state index is 12.3. The molecule has 0 amide bonds. The van der Waals surface area contributed by atoms with Crippen LogP contribution < -0.4 is 34.7 Å². The van der Waals surface area contributed by atoms with Gasteiger partial charge in [0.15, 0.2) is 6.29 Å². The second kappa shape index (κ2) is 15.1. The van der Waals surface area contributed by atoms with Crippen molar-refractivity contribution in [2.24, 2.45) is 51.3 Å². The maximum Gasteiger partial charge on any atom is 1.00 e. The van der Waals surface area contributed by atoms with E-state index in [4.69, 9.17) is 14.0 Å². The number of aliphatic hydroxyl groups excluding tert-OH is 5. The molecule has 0 aromatic heterocycles. The van der Waals surface area contributed by atoms with Gasteiger partial charge < -0.3 is 45.1 Å². The molecule has 4 aliphatic carbocycles. The van der Waals surface area contributed by atoms with E-state index in [1.807, 2.05) is 0 Å². The average molecular weight is 684 g/mol. The zero-order chi connectivity index (χ0) is 32.9. The van der Waals surface area contributed by atoms with Gasteiger partial charge in [0.1, 0.15) is 24.4 Å². The first kappa shape index (κ1) is 38.9. The second-order valence-electron chi connectivity index (χ2n) is 15.3. The van der Waals surface area contributed by atoms with Crippen LogP contribution in [-0.2, 0) is 19.6 Å². The molecule has 0 aromatic carbocycles. The van der Waals surface area contributed by atoms with Crippen LogP contribution in [0.15, 0.2) is 4.99 Å². The predicted molar refractivity (Wildman–Crippen MR) is 162 cm³/mol. The number of rotatable bonds is 10. The van der Waals surface area contributed by atoms with Crippen molar-refractivity contribution in [2.45, 2.75) is 128 Å². The molecule has 0 unspecified atom stereocenters. The first-order valence-electron chi connectivity index (χ1n) is 16.9. The molecule has 5 rings (SSSR count). The molecule has 46 heavy (non-hydrogen) atoms. The van der Waals surface area contributed by atoms with E-state index in [1.165, 1.54) is 0 Å². The molecule has 4 saturated carbocycles. The third kappa shape index (κ3) is 7.71. The minimum absolute atomic E-state index is 0. The summed E-state index contributed by atoms with van der Waals surface area (Å²) in [6.45, 7) is 6.23. The largest absolute Gasteiger partial charge is 1.00 e. The number of aliphatic imine (C=N–C) groups is 1. The molecule has 0 radical (unpaired) electrons. The summed E-state index contributed by atoms with van der Waals surface area (Å²) in [7, 11) is -4.14. The Labute approximate surface area is 295 Å². The Morgan fingerprint density at radius 3 is 2.35 bits per heavy atom. The molecule has 15 atom stereocenters. The van der Waals surface area contributed by atoms with Crippen molar-refractivity contribution in [3.8, 4) is 0 Å². The Hall–Kier alpha value is 0.1000. The molecular weight excluding hydrogens is 629 g/mol. The fraction of sp³-hybridized carbons (Fsp3) is 0.969. The maximum absolute atomic E-state index is 12.3. The van der Waals surface area contributed by atoms with Crippen molar-refractivity contribution in [1.29, 1.82) is 0 Å². The van der Waals surface area contributed by atoms with Crippen LogP contribution in [0.4, 0.5) is 0 Å². The Kier molecular flexibility index (Phi) is 12.8. The van der Waals surface area contributed by atoms with E-state index in [1.54, 1.807) is 0 Å². The zero-order valence-corrected chi connectivity index (χ0v) is 30.6. The molecule has 260 valence electrons. The minimum Gasteiger partial charge on any atom is -0.862 e. The summed E-state index contributed by atoms with van der Waals surface area (Å²) in [5, 5.41) is 64.4. The summed E-state index contributed by atoms with van der Waals surface area (Å²) in [5.74, 6) is 1.06. The monoisotopic (exact) mass is 683 g/mol. The van der Waals surface area contributed by atoms with Crippen molar-refractivity contribution < 1.29 is 82.6 Å². The normalized spacial score (nSPS) is 46.8. The molecule has 12 nitrogen and oxygen atoms in total. The van der Waals surface area contributed by atoms with Gasteiger partial charge in [0.2, 0.25) is 0 Å². The molecule has 1 saturated heterocycles. The number of hydrogen-bond donors (Lipinski definition) is 6. The van der Waals surface area contributed by atoms with Crippen molar-refractivity contribution in [3.63, 3.8) is 0 Å². The van der Waals surface area contributed by atoms with E-state index < -0.39 is 59.3 Å². The van der Waals surface area contributed by atoms with Crippen molar-refractivity contribution in [1.82, 2.24) is 0 Å². The van der Waals surface area contributed by atoms with Crippen LogP contribution >= 0.6 is 0 Å². The van der Waals surface area contributed by atoms with Gasteiger partial charge in [-0.15, -0.1) is 0 Å². The first-order valence-corrected chi connectivity index (χ1v) is 18.5. The van der Waals surface area contributed by atoms with Crippen LogP contribution in [0.3, 0.4) is 0 Å². The second-order valence-corrected chi connectivity index (χ2v) is 16.9. The van der Waals surface area contributed by atoms with Crippen LogP contribution in [0.25, 0.3) is 0 Å². The molecule has 0 aromatic rings. The van der Waals surface area contributed by atoms with Gasteiger partial charge in [-0.05, 0) is 116 Å². The van der Waals surface area contributed by atoms with E-state index in [0.717, 1.165) is 38.5 Å². The quantitative estimate of drug-likeness (QED) is 0.0482. The van der Waals surface area contributed by atoms with E-state index in [2.05, 4.69) is 25.8 Å². The van der Waals surface area contributed by atoms with Crippen LogP contribution in [0, 0.1) is 46.3 Å². The summed E-state index contributed by atoms with van der Waals surface area (Å²) in [6, 6.07) is 0. The number of nitrogens with zero attached hydrogens (tertiary/aromatic N) is 1. The molecule has 6 N–H and O–H groups in total. The van der Waals surface area contributed by atoms with Crippen LogP contribution in [0.1, 0.15) is 85.0 Å². The fourth-order valence-electron chi connectivity index (χ4n) is 10.6. The molecule has 1 heterocycles. The Bertz CT molecular complexity index is 1170. The summed E-state index contributed by atoms with van der Waals surface area (Å²) in [5.41, 5.74) is 0.111. The van der Waals surface area contributed by atoms with Crippen molar-refractivity contribution >= 4 is 16.0 Å². The summed E-state index contributed by atoms with van der Waals surface area (Å²) in [6.07, 6.45) is 1.05. The SMILES string of the molecule is C[C@H](CCC([O-])=NCCS(=O)(=O)O)[C@H]1CC[C@H]2[C@@H]3[C@@H](O)C[C@@H]4C[C@H](O[C@@H]5O[C@H](CO)[C@@H](O)[C@H](O)[C@H]5O)CC[C@]4(C)[C@H]3CC[C@]12C.[Na+]. The third-order valence-corrected chi connectivity index (χ3v) is 13.7. The van der Waals surface area contributed by atoms with Gasteiger partial charge in [0.05, 0.1) is 31.1 Å². The van der Waals surface area contributed by atoms with Crippen molar-refractivity contribution in [3.05, 3.63) is 0 Å². The van der Waals surface area contributed by atoms with E-state index in [0.29, 0.717) is 37.0 Å². The standard InChI is InChI=1S/C32H55NO11S.Na/c1-17(4-7-25(36)33-12-13-45(40,41)42)20-5-6-21-26-22(9-11-32(20,21)3)31(2)10-8-19(14-18(31)15-23(26)35)43-30-29(39)28(38)27(37)24(16-34)44-30;/h17-24,26-30,34-35,37-39H,4-16H2,1-3H3,(H,33,36)(H,40,41,42);/q;+1/p-1/t17-,18+,19-,20-,21+,22+,23+,24-,26+,27-,28+,29-,30-,31+,32-;/m1./s1. The van der Waals surface area contributed by atoms with Gasteiger partial charge in [0, 0.05) is 0 Å². The predicted octanol–water partition coefficient (Wildman–Crippen LogP) is -2.13. The molecule has 0 spiro atoms. The zero-order valence-electron chi connectivity index (χ0n) is 27.8. The van der Waals surface area contributed by atoms with Gasteiger partial charge in [-0.25, -0.2) is 0 Å². The van der Waals surface area contributed by atoms with E-state index in [9.17, 15) is 39.1 Å². The summed E-state index contributed by atoms with van der Waals surface area (Å²) >= 11 is 0.